The Balaban J connectivity index is 3.34. The molecule has 6 heteroatoms. The van der Waals surface area contributed by atoms with E-state index in [0.29, 0.717) is 25.9 Å². The van der Waals surface area contributed by atoms with Crippen molar-refractivity contribution in [3.63, 3.8) is 0 Å². The number of esters is 1. The fraction of sp³-hybridized carbons (Fsp3) is 0.884. The van der Waals surface area contributed by atoms with Crippen molar-refractivity contribution in [1.29, 1.82) is 0 Å². The first-order chi connectivity index (χ1) is 37.0. The van der Waals surface area contributed by atoms with Crippen molar-refractivity contribution in [2.75, 3.05) is 13.2 Å². The summed E-state index contributed by atoms with van der Waals surface area (Å²) in [6.07, 6.45) is 81.9. The minimum Gasteiger partial charge on any atom is -0.466 e. The molecule has 0 aromatic carbocycles. The van der Waals surface area contributed by atoms with Gasteiger partial charge >= 0.3 is 5.97 Å². The van der Waals surface area contributed by atoms with Crippen LogP contribution in [-0.4, -0.2) is 47.4 Å². The van der Waals surface area contributed by atoms with Crippen molar-refractivity contribution in [3.8, 4) is 0 Å². The molecule has 2 atom stereocenters. The summed E-state index contributed by atoms with van der Waals surface area (Å²) in [6.45, 7) is 4.92. The van der Waals surface area contributed by atoms with Crippen LogP contribution in [-0.2, 0) is 14.3 Å². The lowest BCUT2D eigenvalue weighted by Gasteiger charge is -2.22. The number of aliphatic hydroxyl groups excluding tert-OH is 2. The number of rotatable bonds is 63. The van der Waals surface area contributed by atoms with E-state index in [-0.39, 0.29) is 18.5 Å². The average molecular weight is 1050 g/mol. The highest BCUT2D eigenvalue weighted by atomic mass is 16.5. The Morgan fingerprint density at radius 3 is 1.07 bits per heavy atom. The third-order valence-electron chi connectivity index (χ3n) is 15.7. The molecule has 6 nitrogen and oxygen atoms in total. The van der Waals surface area contributed by atoms with E-state index in [2.05, 4.69) is 55.6 Å². The number of carbonyl (C=O) groups is 2. The Labute approximate surface area is 468 Å². The van der Waals surface area contributed by atoms with Crippen molar-refractivity contribution < 1.29 is 24.5 Å². The zero-order valence-electron chi connectivity index (χ0n) is 50.5. The Bertz CT molecular complexity index is 1210. The molecule has 0 aliphatic rings. The molecule has 0 aromatic heterocycles. The average Bonchev–Trinajstić information content (AvgIpc) is 3.41. The molecule has 3 N–H and O–H groups in total. The molecule has 0 saturated carbocycles. The van der Waals surface area contributed by atoms with Crippen LogP contribution in [0.4, 0.5) is 0 Å². The molecule has 0 radical (unpaired) electrons. The van der Waals surface area contributed by atoms with Crippen LogP contribution in [0.25, 0.3) is 0 Å². The number of allylic oxidation sites excluding steroid dienone is 6. The summed E-state index contributed by atoms with van der Waals surface area (Å²) in [4.78, 5) is 24.5. The van der Waals surface area contributed by atoms with Gasteiger partial charge in [-0.25, -0.2) is 0 Å². The molecule has 0 heterocycles. The van der Waals surface area contributed by atoms with Crippen LogP contribution in [0.3, 0.4) is 0 Å². The van der Waals surface area contributed by atoms with Gasteiger partial charge in [-0.1, -0.05) is 314 Å². The first-order valence-corrected chi connectivity index (χ1v) is 33.7. The highest BCUT2D eigenvalue weighted by molar-refractivity contribution is 5.76. The Morgan fingerprint density at radius 1 is 0.373 bits per heavy atom. The minimum absolute atomic E-state index is 0.00361. The van der Waals surface area contributed by atoms with Gasteiger partial charge in [0.05, 0.1) is 25.4 Å². The molecule has 0 aliphatic carbocycles. The van der Waals surface area contributed by atoms with Gasteiger partial charge in [-0.3, -0.25) is 9.59 Å². The van der Waals surface area contributed by atoms with E-state index in [1.165, 1.54) is 283 Å². The number of unbranched alkanes of at least 4 members (excludes halogenated alkanes) is 46. The molecule has 0 aliphatic heterocycles. The Kier molecular flexibility index (Phi) is 63.0. The highest BCUT2D eigenvalue weighted by Crippen LogP contribution is 2.18. The van der Waals surface area contributed by atoms with Crippen molar-refractivity contribution >= 4 is 11.9 Å². The van der Waals surface area contributed by atoms with Crippen LogP contribution in [0, 0.1) is 0 Å². The Hall–Kier alpha value is -1.92. The summed E-state index contributed by atoms with van der Waals surface area (Å²) in [5.41, 5.74) is 0. The first kappa shape index (κ1) is 73.1. The van der Waals surface area contributed by atoms with Gasteiger partial charge in [0.25, 0.3) is 0 Å². The lowest BCUT2D eigenvalue weighted by atomic mass is 10.0. The number of nitrogens with one attached hydrogen (secondary N) is 1. The smallest absolute Gasteiger partial charge is 0.305 e. The number of carbonyl (C=O) groups excluding carboxylic acids is 2. The number of ether oxygens (including phenoxy) is 1. The standard InChI is InChI=1S/C69H131NO5/c1-3-5-7-9-11-13-15-17-39-43-47-51-55-59-63-69(74)75-64-60-56-52-48-44-40-37-35-33-31-29-27-25-23-21-19-18-20-22-24-26-28-30-32-34-36-38-42-46-50-54-58-62-68(73)70-66(65-71)67(72)61-57-53-49-45-41-16-14-12-10-8-6-4-2/h9,11,15,17,21,23,66-67,71-72H,3-8,10,12-14,16,18-20,22,24-65H2,1-2H3,(H,70,73)/b11-9-,17-15-,23-21-. The molecule has 0 spiro atoms. The summed E-state index contributed by atoms with van der Waals surface area (Å²) in [5, 5.41) is 23.2. The SMILES string of the molecule is CCCC/C=C\C/C=C\CCCCCCCC(=O)OCCCCCCCCCCCCCC/C=C\CCCCCCCCCCCCCCCCCCC(=O)NC(CO)C(O)CCCCCCCCCCCCCC. The van der Waals surface area contributed by atoms with Gasteiger partial charge in [0, 0.05) is 12.8 Å². The quantitative estimate of drug-likeness (QED) is 0.0320. The van der Waals surface area contributed by atoms with E-state index < -0.39 is 12.1 Å². The Morgan fingerprint density at radius 2 is 0.680 bits per heavy atom. The summed E-state index contributed by atoms with van der Waals surface area (Å²) in [7, 11) is 0. The molecule has 2 unspecified atom stereocenters. The fourth-order valence-electron chi connectivity index (χ4n) is 10.5. The highest BCUT2D eigenvalue weighted by Gasteiger charge is 2.20. The van der Waals surface area contributed by atoms with E-state index in [9.17, 15) is 19.8 Å². The predicted molar refractivity (Wildman–Crippen MR) is 329 cm³/mol. The van der Waals surface area contributed by atoms with Crippen LogP contribution in [0.5, 0.6) is 0 Å². The van der Waals surface area contributed by atoms with E-state index >= 15 is 0 Å². The zero-order valence-corrected chi connectivity index (χ0v) is 50.5. The summed E-state index contributed by atoms with van der Waals surface area (Å²) in [6, 6.07) is -0.538. The molecule has 75 heavy (non-hydrogen) atoms. The minimum atomic E-state index is -0.661. The predicted octanol–water partition coefficient (Wildman–Crippen LogP) is 21.5. The number of hydrogen-bond donors (Lipinski definition) is 3. The van der Waals surface area contributed by atoms with Crippen LogP contribution >= 0.6 is 0 Å². The van der Waals surface area contributed by atoms with Crippen LogP contribution < -0.4 is 5.32 Å². The van der Waals surface area contributed by atoms with Gasteiger partial charge in [-0.15, -0.1) is 0 Å². The van der Waals surface area contributed by atoms with Crippen molar-refractivity contribution in [2.24, 2.45) is 0 Å². The zero-order chi connectivity index (χ0) is 54.3. The van der Waals surface area contributed by atoms with Gasteiger partial charge in [-0.2, -0.15) is 0 Å². The summed E-state index contributed by atoms with van der Waals surface area (Å²) < 4.78 is 5.48. The first-order valence-electron chi connectivity index (χ1n) is 33.7. The van der Waals surface area contributed by atoms with E-state index in [0.717, 1.165) is 51.4 Å². The second-order valence-corrected chi connectivity index (χ2v) is 23.1. The molecule has 442 valence electrons. The normalized spacial score (nSPS) is 12.7. The largest absolute Gasteiger partial charge is 0.466 e. The maximum absolute atomic E-state index is 12.5. The van der Waals surface area contributed by atoms with Gasteiger partial charge in [0.2, 0.25) is 5.91 Å². The van der Waals surface area contributed by atoms with Gasteiger partial charge in [0.15, 0.2) is 0 Å². The van der Waals surface area contributed by atoms with Gasteiger partial charge in [-0.05, 0) is 77.0 Å². The fourth-order valence-corrected chi connectivity index (χ4v) is 10.5. The van der Waals surface area contributed by atoms with Crippen molar-refractivity contribution in [1.82, 2.24) is 5.32 Å². The molecule has 0 fully saturated rings. The lowest BCUT2D eigenvalue weighted by molar-refractivity contribution is -0.143. The molecular weight excluding hydrogens is 923 g/mol. The maximum Gasteiger partial charge on any atom is 0.305 e. The van der Waals surface area contributed by atoms with Crippen LogP contribution in [0.1, 0.15) is 367 Å². The monoisotopic (exact) mass is 1050 g/mol. The van der Waals surface area contributed by atoms with Gasteiger partial charge in [0.1, 0.15) is 0 Å². The topological polar surface area (TPSA) is 95.9 Å². The molecule has 0 rings (SSSR count). The maximum atomic E-state index is 12.5. The van der Waals surface area contributed by atoms with E-state index in [1.807, 2.05) is 0 Å². The van der Waals surface area contributed by atoms with Crippen molar-refractivity contribution in [3.05, 3.63) is 36.5 Å². The van der Waals surface area contributed by atoms with E-state index in [1.54, 1.807) is 0 Å². The summed E-state index contributed by atoms with van der Waals surface area (Å²) >= 11 is 0. The number of aliphatic hydroxyl groups is 2. The summed E-state index contributed by atoms with van der Waals surface area (Å²) in [5.74, 6) is -0.0279. The molecule has 0 aromatic rings. The molecule has 0 saturated heterocycles. The lowest BCUT2D eigenvalue weighted by Crippen LogP contribution is -2.45. The third-order valence-corrected chi connectivity index (χ3v) is 15.7. The van der Waals surface area contributed by atoms with Gasteiger partial charge < -0.3 is 20.3 Å². The molecule has 1 amide bonds. The second kappa shape index (κ2) is 64.6. The second-order valence-electron chi connectivity index (χ2n) is 23.1. The molecular formula is C69H131NO5. The molecule has 0 bridgehead atoms. The third kappa shape index (κ3) is 61.2. The van der Waals surface area contributed by atoms with Crippen LogP contribution in [0.15, 0.2) is 36.5 Å². The number of hydrogen-bond acceptors (Lipinski definition) is 5. The van der Waals surface area contributed by atoms with Crippen LogP contribution in [0.2, 0.25) is 0 Å². The van der Waals surface area contributed by atoms with Crippen molar-refractivity contribution in [2.45, 2.75) is 379 Å². The van der Waals surface area contributed by atoms with E-state index in [4.69, 9.17) is 4.74 Å². The number of amides is 1.